The summed E-state index contributed by atoms with van der Waals surface area (Å²) in [6.07, 6.45) is 2.05. The summed E-state index contributed by atoms with van der Waals surface area (Å²) in [6.45, 7) is 3.64. The van der Waals surface area contributed by atoms with Crippen LogP contribution in [0.4, 0.5) is 4.79 Å². The van der Waals surface area contributed by atoms with Crippen LogP contribution in [-0.2, 0) is 26.0 Å². The zero-order valence-corrected chi connectivity index (χ0v) is 24.0. The monoisotopic (exact) mass is 606 g/mol. The second-order valence-corrected chi connectivity index (χ2v) is 12.1. The number of piperidine rings is 1. The topological polar surface area (TPSA) is 200 Å². The van der Waals surface area contributed by atoms with Crippen LogP contribution in [0.5, 0.6) is 5.75 Å². The largest absolute Gasteiger partial charge is 0.503 e. The lowest BCUT2D eigenvalue weighted by Gasteiger charge is -2.26. The highest BCUT2D eigenvalue weighted by molar-refractivity contribution is 7.89. The molecular weight excluding hydrogens is 568 g/mol. The van der Waals surface area contributed by atoms with Crippen molar-refractivity contribution in [2.45, 2.75) is 55.1 Å². The zero-order chi connectivity index (χ0) is 30.7. The molecule has 13 nitrogen and oxygen atoms in total. The first kappa shape index (κ1) is 32.8. The zero-order valence-electron chi connectivity index (χ0n) is 23.2. The Hall–Kier alpha value is -3.72. The molecule has 2 saturated heterocycles. The van der Waals surface area contributed by atoms with Crippen LogP contribution >= 0.6 is 0 Å². The third-order valence-corrected chi connectivity index (χ3v) is 8.93. The van der Waals surface area contributed by atoms with Crippen molar-refractivity contribution in [3.8, 4) is 5.75 Å². The van der Waals surface area contributed by atoms with Crippen molar-refractivity contribution >= 4 is 28.1 Å². The van der Waals surface area contributed by atoms with Crippen LogP contribution in [0.1, 0.15) is 31.2 Å². The number of nitrogens with zero attached hydrogens (tertiary/aromatic N) is 2. The number of carboxylic acid groups (broad SMARTS) is 3. The van der Waals surface area contributed by atoms with Gasteiger partial charge >= 0.3 is 12.1 Å². The molecule has 0 bridgehead atoms. The first-order chi connectivity index (χ1) is 20.0. The molecular formula is C28H38N4O9S. The lowest BCUT2D eigenvalue weighted by atomic mass is 10.0. The van der Waals surface area contributed by atoms with Crippen LogP contribution in [0, 0.1) is 0 Å². The van der Waals surface area contributed by atoms with Crippen LogP contribution in [0.2, 0.25) is 0 Å². The molecule has 2 fully saturated rings. The van der Waals surface area contributed by atoms with E-state index >= 15 is 0 Å². The average molecular weight is 607 g/mol. The van der Waals surface area contributed by atoms with Gasteiger partial charge in [0, 0.05) is 25.6 Å². The SMILES string of the molecule is NC1C[C@@H](C(=O)N[C@@H](Cc2ccc(OCCN3CCCCC3)cc2)C(=O)O)N(S(=O)(=O)c2ccccc2)C1.O=C(O)O. The van der Waals surface area contributed by atoms with Crippen molar-refractivity contribution < 1.29 is 42.9 Å². The van der Waals surface area contributed by atoms with Gasteiger partial charge in [-0.3, -0.25) is 9.69 Å². The molecule has 0 radical (unpaired) electrons. The van der Waals surface area contributed by atoms with E-state index in [-0.39, 0.29) is 24.3 Å². The van der Waals surface area contributed by atoms with Gasteiger partial charge in [0.2, 0.25) is 15.9 Å². The second-order valence-electron chi connectivity index (χ2n) is 10.2. The summed E-state index contributed by atoms with van der Waals surface area (Å²) < 4.78 is 33.2. The van der Waals surface area contributed by atoms with Crippen LogP contribution in [0.15, 0.2) is 59.5 Å². The molecule has 6 N–H and O–H groups in total. The highest BCUT2D eigenvalue weighted by Gasteiger charge is 2.43. The normalized spacial score (nSPS) is 20.1. The highest BCUT2D eigenvalue weighted by atomic mass is 32.2. The van der Waals surface area contributed by atoms with Crippen LogP contribution in [-0.4, -0.2) is 102 Å². The Morgan fingerprint density at radius 2 is 1.60 bits per heavy atom. The van der Waals surface area contributed by atoms with Crippen molar-refractivity contribution in [3.05, 3.63) is 60.2 Å². The molecule has 0 spiro atoms. The molecule has 0 saturated carbocycles. The number of nitrogens with one attached hydrogen (secondary N) is 1. The van der Waals surface area contributed by atoms with Gasteiger partial charge in [-0.1, -0.05) is 36.8 Å². The first-order valence-corrected chi connectivity index (χ1v) is 15.1. The maximum atomic E-state index is 13.2. The van der Waals surface area contributed by atoms with Gasteiger partial charge in [-0.15, -0.1) is 0 Å². The smallest absolute Gasteiger partial charge is 0.492 e. The third-order valence-electron chi connectivity index (χ3n) is 7.04. The number of carbonyl (C=O) groups excluding carboxylic acids is 1. The third kappa shape index (κ3) is 9.69. The minimum atomic E-state index is -3.97. The van der Waals surface area contributed by atoms with E-state index in [1.165, 1.54) is 31.4 Å². The van der Waals surface area contributed by atoms with Crippen molar-refractivity contribution in [1.29, 1.82) is 0 Å². The summed E-state index contributed by atoms with van der Waals surface area (Å²) in [5.74, 6) is -1.19. The minimum absolute atomic E-state index is 0.0216. The predicted molar refractivity (Wildman–Crippen MR) is 153 cm³/mol. The van der Waals surface area contributed by atoms with Gasteiger partial charge in [0.15, 0.2) is 0 Å². The fraction of sp³-hybridized carbons (Fsp3) is 0.464. The fourth-order valence-electron chi connectivity index (χ4n) is 4.97. The second kappa shape index (κ2) is 15.5. The Morgan fingerprint density at radius 3 is 2.19 bits per heavy atom. The molecule has 3 atom stereocenters. The van der Waals surface area contributed by atoms with E-state index in [9.17, 15) is 23.1 Å². The van der Waals surface area contributed by atoms with E-state index in [2.05, 4.69) is 10.2 Å². The van der Waals surface area contributed by atoms with Crippen molar-refractivity contribution in [3.63, 3.8) is 0 Å². The Balaban J connectivity index is 0.00000114. The Morgan fingerprint density at radius 1 is 0.976 bits per heavy atom. The number of amides is 1. The number of aliphatic carboxylic acids is 1. The number of ether oxygens (including phenoxy) is 1. The molecule has 2 heterocycles. The van der Waals surface area contributed by atoms with Crippen molar-refractivity contribution in [2.24, 2.45) is 5.73 Å². The quantitative estimate of drug-likeness (QED) is 0.249. The molecule has 2 aliphatic rings. The lowest BCUT2D eigenvalue weighted by Crippen LogP contribution is -2.51. The molecule has 42 heavy (non-hydrogen) atoms. The van der Waals surface area contributed by atoms with E-state index in [4.69, 9.17) is 25.5 Å². The maximum absolute atomic E-state index is 13.2. The van der Waals surface area contributed by atoms with Gasteiger partial charge in [0.25, 0.3) is 0 Å². The van der Waals surface area contributed by atoms with Gasteiger partial charge in [0.1, 0.15) is 24.4 Å². The van der Waals surface area contributed by atoms with Gasteiger partial charge in [-0.25, -0.2) is 18.0 Å². The lowest BCUT2D eigenvalue weighted by molar-refractivity contribution is -0.142. The molecule has 1 unspecified atom stereocenters. The number of rotatable bonds is 11. The molecule has 2 aliphatic heterocycles. The molecule has 230 valence electrons. The molecule has 0 aliphatic carbocycles. The Labute approximate surface area is 244 Å². The summed E-state index contributed by atoms with van der Waals surface area (Å²) >= 11 is 0. The molecule has 4 rings (SSSR count). The molecule has 2 aromatic carbocycles. The first-order valence-electron chi connectivity index (χ1n) is 13.7. The predicted octanol–water partition coefficient (Wildman–Crippen LogP) is 1.68. The Bertz CT molecular complexity index is 1280. The van der Waals surface area contributed by atoms with Crippen molar-refractivity contribution in [1.82, 2.24) is 14.5 Å². The average Bonchev–Trinajstić information content (AvgIpc) is 3.37. The fourth-order valence-corrected chi connectivity index (χ4v) is 6.65. The van der Waals surface area contributed by atoms with E-state index in [1.807, 2.05) is 0 Å². The number of nitrogens with two attached hydrogens (primary N) is 1. The highest BCUT2D eigenvalue weighted by Crippen LogP contribution is 2.26. The molecule has 14 heteroatoms. The van der Waals surface area contributed by atoms with E-state index in [0.29, 0.717) is 17.9 Å². The number of hydrogen-bond donors (Lipinski definition) is 5. The maximum Gasteiger partial charge on any atom is 0.503 e. The summed E-state index contributed by atoms with van der Waals surface area (Å²) in [5, 5.41) is 26.2. The minimum Gasteiger partial charge on any atom is -0.492 e. The Kier molecular flexibility index (Phi) is 12.1. The van der Waals surface area contributed by atoms with Gasteiger partial charge in [-0.2, -0.15) is 4.31 Å². The number of hydrogen-bond acceptors (Lipinski definition) is 8. The molecule has 1 amide bonds. The summed E-state index contributed by atoms with van der Waals surface area (Å²) in [4.78, 5) is 36.1. The molecule has 2 aromatic rings. The van der Waals surface area contributed by atoms with E-state index < -0.39 is 46.2 Å². The summed E-state index contributed by atoms with van der Waals surface area (Å²) in [5.41, 5.74) is 6.72. The van der Waals surface area contributed by atoms with Crippen LogP contribution in [0.3, 0.4) is 0 Å². The number of benzene rings is 2. The van der Waals surface area contributed by atoms with E-state index in [0.717, 1.165) is 23.9 Å². The number of carbonyl (C=O) groups is 3. The van der Waals surface area contributed by atoms with Gasteiger partial charge < -0.3 is 31.1 Å². The van der Waals surface area contributed by atoms with Crippen LogP contribution < -0.4 is 15.8 Å². The number of likely N-dealkylation sites (tertiary alicyclic amines) is 1. The van der Waals surface area contributed by atoms with E-state index in [1.54, 1.807) is 42.5 Å². The summed E-state index contributed by atoms with van der Waals surface area (Å²) in [7, 11) is -3.97. The standard InChI is InChI=1S/C27H36N4O6S.CH2O3/c28-21-18-25(31(19-21)38(35,36)23-7-3-1-4-8-23)26(32)29-24(27(33)34)17-20-9-11-22(12-10-20)37-16-15-30-13-5-2-6-14-30;2-1(3)4/h1,3-4,7-12,21,24-25H,2,5-6,13-19,28H2,(H,29,32)(H,33,34);(H2,2,3,4)/t21?,24-,25-;/m0./s1. The van der Waals surface area contributed by atoms with Crippen LogP contribution in [0.25, 0.3) is 0 Å². The van der Waals surface area contributed by atoms with Gasteiger partial charge in [-0.05, 0) is 62.2 Å². The molecule has 0 aromatic heterocycles. The number of carboxylic acids is 1. The van der Waals surface area contributed by atoms with Crippen molar-refractivity contribution in [2.75, 3.05) is 32.8 Å². The van der Waals surface area contributed by atoms with Gasteiger partial charge in [0.05, 0.1) is 4.90 Å². The summed E-state index contributed by atoms with van der Waals surface area (Å²) in [6, 6.07) is 12.1. The number of sulfonamides is 1.